The van der Waals surface area contributed by atoms with Crippen molar-refractivity contribution >= 4 is 11.9 Å². The summed E-state index contributed by atoms with van der Waals surface area (Å²) in [7, 11) is 2.91. The van der Waals surface area contributed by atoms with Crippen molar-refractivity contribution < 1.29 is 47.8 Å². The molecule has 4 atom stereocenters. The van der Waals surface area contributed by atoms with Gasteiger partial charge < -0.3 is 43.0 Å². The van der Waals surface area contributed by atoms with Gasteiger partial charge in [-0.25, -0.2) is 0 Å². The fourth-order valence-corrected chi connectivity index (χ4v) is 6.34. The molecule has 4 aromatic carbocycles. The molecule has 47 heavy (non-hydrogen) atoms. The van der Waals surface area contributed by atoms with Crippen molar-refractivity contribution in [2.45, 2.75) is 12.2 Å². The maximum absolute atomic E-state index is 12.3. The number of ketones is 1. The van der Waals surface area contributed by atoms with Crippen molar-refractivity contribution in [1.82, 2.24) is 0 Å². The zero-order valence-corrected chi connectivity index (χ0v) is 25.9. The van der Waals surface area contributed by atoms with E-state index in [0.717, 1.165) is 39.7 Å². The molecule has 242 valence electrons. The van der Waals surface area contributed by atoms with E-state index in [1.165, 1.54) is 26.4 Å². The predicted molar refractivity (Wildman–Crippen MR) is 171 cm³/mol. The molecule has 1 N–H and O–H groups in total. The lowest BCUT2D eigenvalue weighted by Crippen LogP contribution is -2.14. The SMILES string of the molecule is COc1cc(O)c(C(=O)C=Cc2ccccc2)c(OC)c1.c1cc2c(cc1C1OCC3C(c4ccc5c(c4)OCO5)OCC13)OCO2. The Balaban J connectivity index is 0.000000154. The highest BCUT2D eigenvalue weighted by Crippen LogP contribution is 2.52. The maximum atomic E-state index is 12.3. The van der Waals surface area contributed by atoms with E-state index in [1.807, 2.05) is 54.6 Å². The summed E-state index contributed by atoms with van der Waals surface area (Å²) < 4.78 is 44.4. The highest BCUT2D eigenvalue weighted by molar-refractivity contribution is 6.10. The average Bonchev–Trinajstić information content (AvgIpc) is 3.92. The summed E-state index contributed by atoms with van der Waals surface area (Å²) in [6.45, 7) is 1.93. The lowest BCUT2D eigenvalue weighted by atomic mass is 9.85. The molecule has 0 bridgehead atoms. The van der Waals surface area contributed by atoms with Gasteiger partial charge in [-0.15, -0.1) is 0 Å². The zero-order chi connectivity index (χ0) is 32.3. The second kappa shape index (κ2) is 13.3. The van der Waals surface area contributed by atoms with Gasteiger partial charge in [-0.05, 0) is 47.0 Å². The quantitative estimate of drug-likeness (QED) is 0.177. The van der Waals surface area contributed by atoms with E-state index in [9.17, 15) is 9.90 Å². The smallest absolute Gasteiger partial charge is 0.231 e. The van der Waals surface area contributed by atoms with Gasteiger partial charge in [0.15, 0.2) is 28.8 Å². The Labute approximate surface area is 272 Å². The number of carbonyl (C=O) groups is 1. The lowest BCUT2D eigenvalue weighted by molar-refractivity contribution is 0.0192. The second-order valence-electron chi connectivity index (χ2n) is 11.4. The summed E-state index contributed by atoms with van der Waals surface area (Å²) in [5, 5.41) is 9.99. The number of allylic oxidation sites excluding steroid dienone is 1. The van der Waals surface area contributed by atoms with Crippen LogP contribution in [0.3, 0.4) is 0 Å². The standard InChI is InChI=1S/C20H18O6.C17H16O4/c1-3-15-17(25-9-23-15)5-11(1)19-13-7-22-20(14(13)8-21-19)12-2-4-16-18(6-12)26-10-24-16;1-20-13-10-15(19)17(16(11-13)21-2)14(18)9-8-12-6-4-3-5-7-12/h1-6,13-14,19-20H,7-10H2;3-11,19H,1-2H3. The average molecular weight is 639 g/mol. The monoisotopic (exact) mass is 638 g/mol. The fourth-order valence-electron chi connectivity index (χ4n) is 6.34. The topological polar surface area (TPSA) is 111 Å². The largest absolute Gasteiger partial charge is 0.507 e. The van der Waals surface area contributed by atoms with Crippen molar-refractivity contribution in [2.75, 3.05) is 41.0 Å². The minimum atomic E-state index is -0.337. The first kappa shape index (κ1) is 30.5. The summed E-state index contributed by atoms with van der Waals surface area (Å²) in [6, 6.07) is 24.5. The van der Waals surface area contributed by atoms with Crippen LogP contribution in [0, 0.1) is 11.8 Å². The van der Waals surface area contributed by atoms with Gasteiger partial charge in [-0.3, -0.25) is 4.79 Å². The molecule has 10 heteroatoms. The number of hydrogen-bond acceptors (Lipinski definition) is 10. The van der Waals surface area contributed by atoms with E-state index in [4.69, 9.17) is 37.9 Å². The molecular weight excluding hydrogens is 604 g/mol. The van der Waals surface area contributed by atoms with E-state index in [2.05, 4.69) is 12.1 Å². The Morgan fingerprint density at radius 2 is 1.30 bits per heavy atom. The number of methoxy groups -OCH3 is 2. The number of benzene rings is 4. The summed E-state index contributed by atoms with van der Waals surface area (Å²) >= 11 is 0. The number of carbonyl (C=O) groups excluding carboxylic acids is 1. The van der Waals surface area contributed by atoms with Gasteiger partial charge in [0.1, 0.15) is 22.8 Å². The molecule has 2 fully saturated rings. The van der Waals surface area contributed by atoms with Crippen LogP contribution in [0.25, 0.3) is 6.08 Å². The Morgan fingerprint density at radius 3 is 1.85 bits per heavy atom. The molecule has 0 saturated carbocycles. The highest BCUT2D eigenvalue weighted by Gasteiger charge is 2.48. The summed E-state index contributed by atoms with van der Waals surface area (Å²) in [5.74, 6) is 4.01. The molecule has 10 nitrogen and oxygen atoms in total. The molecule has 4 aromatic rings. The van der Waals surface area contributed by atoms with Crippen LogP contribution in [0.4, 0.5) is 0 Å². The molecule has 0 spiro atoms. The zero-order valence-electron chi connectivity index (χ0n) is 25.9. The van der Waals surface area contributed by atoms with Crippen LogP contribution >= 0.6 is 0 Å². The molecule has 4 aliphatic rings. The molecule has 8 rings (SSSR count). The molecular formula is C37H34O10. The first-order valence-electron chi connectivity index (χ1n) is 15.3. The normalized spacial score (nSPS) is 21.7. The van der Waals surface area contributed by atoms with Crippen molar-refractivity contribution in [1.29, 1.82) is 0 Å². The minimum Gasteiger partial charge on any atom is -0.507 e. The van der Waals surface area contributed by atoms with E-state index in [1.54, 1.807) is 12.1 Å². The molecule has 2 saturated heterocycles. The Hall–Kier alpha value is -5.19. The molecule has 4 aliphatic heterocycles. The van der Waals surface area contributed by atoms with Crippen LogP contribution in [-0.2, 0) is 9.47 Å². The molecule has 4 heterocycles. The van der Waals surface area contributed by atoms with E-state index < -0.39 is 0 Å². The van der Waals surface area contributed by atoms with Crippen molar-refractivity contribution in [3.8, 4) is 40.2 Å². The molecule has 4 unspecified atom stereocenters. The number of phenols is 1. The number of rotatable bonds is 7. The van der Waals surface area contributed by atoms with Gasteiger partial charge in [0, 0.05) is 24.0 Å². The Bertz CT molecular complexity index is 1710. The fraction of sp³-hybridized carbons (Fsp3) is 0.270. The Morgan fingerprint density at radius 1 is 0.723 bits per heavy atom. The summed E-state index contributed by atoms with van der Waals surface area (Å²) in [4.78, 5) is 12.3. The van der Waals surface area contributed by atoms with Gasteiger partial charge in [0.2, 0.25) is 13.6 Å². The maximum Gasteiger partial charge on any atom is 0.231 e. The molecule has 0 amide bonds. The third-order valence-electron chi connectivity index (χ3n) is 8.70. The van der Waals surface area contributed by atoms with Crippen LogP contribution in [0.15, 0.2) is 84.9 Å². The van der Waals surface area contributed by atoms with Gasteiger partial charge in [0.05, 0.1) is 39.6 Å². The number of phenolic OH excluding ortho intramolecular Hbond substituents is 1. The predicted octanol–water partition coefficient (Wildman–Crippen LogP) is 6.52. The van der Waals surface area contributed by atoms with E-state index >= 15 is 0 Å². The molecule has 0 radical (unpaired) electrons. The number of fused-ring (bicyclic) bond motifs is 3. The van der Waals surface area contributed by atoms with Gasteiger partial charge in [0.25, 0.3) is 0 Å². The van der Waals surface area contributed by atoms with Gasteiger partial charge >= 0.3 is 0 Å². The lowest BCUT2D eigenvalue weighted by Gasteiger charge is -2.17. The highest BCUT2D eigenvalue weighted by atomic mass is 16.7. The van der Waals surface area contributed by atoms with Crippen LogP contribution in [0.2, 0.25) is 0 Å². The Kier molecular flexibility index (Phi) is 8.60. The number of ether oxygens (including phenoxy) is 8. The minimum absolute atomic E-state index is 0.0218. The van der Waals surface area contributed by atoms with E-state index in [0.29, 0.717) is 30.8 Å². The van der Waals surface area contributed by atoms with Crippen LogP contribution in [0.5, 0.6) is 40.2 Å². The number of hydrogen-bond donors (Lipinski definition) is 1. The molecule has 0 aromatic heterocycles. The van der Waals surface area contributed by atoms with Crippen LogP contribution < -0.4 is 28.4 Å². The van der Waals surface area contributed by atoms with Gasteiger partial charge in [-0.2, -0.15) is 0 Å². The third-order valence-corrected chi connectivity index (χ3v) is 8.70. The first-order chi connectivity index (χ1) is 23.0. The van der Waals surface area contributed by atoms with Crippen LogP contribution in [0.1, 0.15) is 39.3 Å². The van der Waals surface area contributed by atoms with Crippen molar-refractivity contribution in [3.05, 3.63) is 107 Å². The first-order valence-corrected chi connectivity index (χ1v) is 15.3. The van der Waals surface area contributed by atoms with Crippen molar-refractivity contribution in [2.24, 2.45) is 11.8 Å². The molecule has 0 aliphatic carbocycles. The number of aromatic hydroxyl groups is 1. The third kappa shape index (κ3) is 6.17. The van der Waals surface area contributed by atoms with Crippen LogP contribution in [-0.4, -0.2) is 51.9 Å². The van der Waals surface area contributed by atoms with Crippen molar-refractivity contribution in [3.63, 3.8) is 0 Å². The second-order valence-corrected chi connectivity index (χ2v) is 11.4. The summed E-state index contributed by atoms with van der Waals surface area (Å²) in [6.07, 6.45) is 3.13. The summed E-state index contributed by atoms with van der Waals surface area (Å²) in [5.41, 5.74) is 3.26. The van der Waals surface area contributed by atoms with E-state index in [-0.39, 0.29) is 48.6 Å². The van der Waals surface area contributed by atoms with Gasteiger partial charge in [-0.1, -0.05) is 48.5 Å².